The molecule has 1 rings (SSSR count). The van der Waals surface area contributed by atoms with Crippen LogP contribution >= 0.6 is 11.6 Å². The first kappa shape index (κ1) is 9.39. The Bertz CT molecular complexity index is 432. The molecule has 1 aromatic carbocycles. The van der Waals surface area contributed by atoms with Gasteiger partial charge in [0.15, 0.2) is 0 Å². The fraction of sp³-hybridized carbons (Fsp3) is 0. The van der Waals surface area contributed by atoms with Crippen molar-refractivity contribution in [3.63, 3.8) is 0 Å². The second kappa shape index (κ2) is 3.81. The first-order chi connectivity index (χ1) is 6.19. The zero-order valence-corrected chi connectivity index (χ0v) is 7.43. The van der Waals surface area contributed by atoms with Gasteiger partial charge in [-0.05, 0) is 29.8 Å². The minimum Gasteiger partial charge on any atom is -0.276 e. The Balaban J connectivity index is 3.33. The highest BCUT2D eigenvalue weighted by Gasteiger charge is 2.04. The summed E-state index contributed by atoms with van der Waals surface area (Å²) < 4.78 is 0. The summed E-state index contributed by atoms with van der Waals surface area (Å²) in [5, 5.41) is -0.542. The van der Waals surface area contributed by atoms with E-state index in [1.807, 2.05) is 0 Å². The maximum atomic E-state index is 10.8. The molecule has 13 heavy (non-hydrogen) atoms. The van der Waals surface area contributed by atoms with Gasteiger partial charge in [0.25, 0.3) is 5.24 Å². The number of hydrogen-bond acceptors (Lipinski definition) is 1. The van der Waals surface area contributed by atoms with Gasteiger partial charge < -0.3 is 0 Å². The molecular weight excluding hydrogens is 184 g/mol. The van der Waals surface area contributed by atoms with E-state index in [9.17, 15) is 4.79 Å². The summed E-state index contributed by atoms with van der Waals surface area (Å²) in [5.74, 6) is 4.80. The second-order valence-corrected chi connectivity index (χ2v) is 2.67. The number of terminal acetylenes is 2. The van der Waals surface area contributed by atoms with Gasteiger partial charge in [-0.3, -0.25) is 4.79 Å². The molecule has 0 atom stereocenters. The van der Waals surface area contributed by atoms with Crippen molar-refractivity contribution in [2.24, 2.45) is 0 Å². The van der Waals surface area contributed by atoms with E-state index >= 15 is 0 Å². The second-order valence-electron chi connectivity index (χ2n) is 2.32. The van der Waals surface area contributed by atoms with E-state index in [1.54, 1.807) is 12.1 Å². The smallest absolute Gasteiger partial charge is 0.252 e. The van der Waals surface area contributed by atoms with Crippen molar-refractivity contribution in [1.29, 1.82) is 0 Å². The molecule has 0 N–H and O–H groups in total. The molecule has 0 bridgehead atoms. The summed E-state index contributed by atoms with van der Waals surface area (Å²) in [6, 6.07) is 4.65. The molecule has 0 saturated heterocycles. The van der Waals surface area contributed by atoms with Crippen molar-refractivity contribution in [3.05, 3.63) is 34.9 Å². The topological polar surface area (TPSA) is 17.1 Å². The van der Waals surface area contributed by atoms with E-state index in [0.717, 1.165) is 0 Å². The molecule has 0 unspecified atom stereocenters. The molecule has 1 aromatic rings. The number of carbonyl (C=O) groups excluding carboxylic acids is 1. The molecule has 0 spiro atoms. The van der Waals surface area contributed by atoms with Crippen molar-refractivity contribution in [3.8, 4) is 24.7 Å². The van der Waals surface area contributed by atoms with Crippen LogP contribution in [0.2, 0.25) is 0 Å². The normalized spacial score (nSPS) is 8.54. The minimum atomic E-state index is -0.542. The standard InChI is InChI=1S/C11H5ClO/c1-3-8-5-6-10(11(12)13)7-9(8)4-2/h1-2,5-7H. The summed E-state index contributed by atoms with van der Waals surface area (Å²) in [5.41, 5.74) is 1.45. The van der Waals surface area contributed by atoms with Crippen molar-refractivity contribution in [1.82, 2.24) is 0 Å². The van der Waals surface area contributed by atoms with E-state index in [0.29, 0.717) is 16.7 Å². The van der Waals surface area contributed by atoms with Crippen LogP contribution in [0.15, 0.2) is 18.2 Å². The molecule has 0 saturated carbocycles. The fourth-order valence-electron chi connectivity index (χ4n) is 0.912. The molecule has 0 aliphatic rings. The molecule has 0 aliphatic carbocycles. The first-order valence-electron chi connectivity index (χ1n) is 3.46. The molecular formula is C11H5ClO. The SMILES string of the molecule is C#Cc1ccc(C(=O)Cl)cc1C#C. The number of rotatable bonds is 1. The average molecular weight is 189 g/mol. The Kier molecular flexibility index (Phi) is 2.75. The van der Waals surface area contributed by atoms with Gasteiger partial charge in [0.2, 0.25) is 0 Å². The Morgan fingerprint density at radius 2 is 1.85 bits per heavy atom. The number of carbonyl (C=O) groups is 1. The lowest BCUT2D eigenvalue weighted by atomic mass is 10.1. The lowest BCUT2D eigenvalue weighted by Gasteiger charge is -1.98. The summed E-state index contributed by atoms with van der Waals surface area (Å²) in [7, 11) is 0. The third-order valence-corrected chi connectivity index (χ3v) is 1.78. The van der Waals surface area contributed by atoms with Gasteiger partial charge in [0.05, 0.1) is 0 Å². The maximum Gasteiger partial charge on any atom is 0.252 e. The fourth-order valence-corrected chi connectivity index (χ4v) is 1.03. The van der Waals surface area contributed by atoms with Gasteiger partial charge in [0.1, 0.15) is 0 Å². The lowest BCUT2D eigenvalue weighted by molar-refractivity contribution is 0.108. The zero-order valence-electron chi connectivity index (χ0n) is 6.67. The van der Waals surface area contributed by atoms with Crippen LogP contribution in [0.3, 0.4) is 0 Å². The lowest BCUT2D eigenvalue weighted by Crippen LogP contribution is -1.92. The molecule has 2 heteroatoms. The van der Waals surface area contributed by atoms with Crippen LogP contribution in [-0.2, 0) is 0 Å². The van der Waals surface area contributed by atoms with Crippen LogP contribution in [0.1, 0.15) is 21.5 Å². The molecule has 0 radical (unpaired) electrons. The number of hydrogen-bond donors (Lipinski definition) is 0. The van der Waals surface area contributed by atoms with E-state index in [1.165, 1.54) is 6.07 Å². The van der Waals surface area contributed by atoms with Crippen LogP contribution in [0.5, 0.6) is 0 Å². The quantitative estimate of drug-likeness (QED) is 0.487. The van der Waals surface area contributed by atoms with Crippen molar-refractivity contribution >= 4 is 16.8 Å². The van der Waals surface area contributed by atoms with Crippen molar-refractivity contribution in [2.75, 3.05) is 0 Å². The molecule has 0 heterocycles. The van der Waals surface area contributed by atoms with Crippen molar-refractivity contribution < 1.29 is 4.79 Å². The first-order valence-corrected chi connectivity index (χ1v) is 3.84. The van der Waals surface area contributed by atoms with E-state index < -0.39 is 5.24 Å². The highest BCUT2D eigenvalue weighted by molar-refractivity contribution is 6.67. The summed E-state index contributed by atoms with van der Waals surface area (Å²) in [4.78, 5) is 10.8. The predicted octanol–water partition coefficient (Wildman–Crippen LogP) is 2.03. The van der Waals surface area contributed by atoms with Gasteiger partial charge in [0, 0.05) is 16.7 Å². The monoisotopic (exact) mass is 188 g/mol. The minimum absolute atomic E-state index is 0.355. The highest BCUT2D eigenvalue weighted by Crippen LogP contribution is 2.11. The van der Waals surface area contributed by atoms with Crippen LogP contribution < -0.4 is 0 Å². The summed E-state index contributed by atoms with van der Waals surface area (Å²) in [6.07, 6.45) is 10.4. The molecule has 62 valence electrons. The molecule has 0 aliphatic heterocycles. The van der Waals surface area contributed by atoms with Gasteiger partial charge in [-0.1, -0.05) is 11.8 Å². The zero-order chi connectivity index (χ0) is 9.84. The molecule has 0 aromatic heterocycles. The van der Waals surface area contributed by atoms with Crippen molar-refractivity contribution in [2.45, 2.75) is 0 Å². The highest BCUT2D eigenvalue weighted by atomic mass is 35.5. The van der Waals surface area contributed by atoms with Gasteiger partial charge in [-0.15, -0.1) is 12.8 Å². The van der Waals surface area contributed by atoms with Crippen LogP contribution in [0.25, 0.3) is 0 Å². The van der Waals surface area contributed by atoms with E-state index in [2.05, 4.69) is 11.8 Å². The third kappa shape index (κ3) is 1.90. The van der Waals surface area contributed by atoms with E-state index in [4.69, 9.17) is 24.4 Å². The average Bonchev–Trinajstić information content (AvgIpc) is 2.16. The van der Waals surface area contributed by atoms with Crippen LogP contribution in [0, 0.1) is 24.7 Å². The van der Waals surface area contributed by atoms with Crippen LogP contribution in [0.4, 0.5) is 0 Å². The number of halogens is 1. The maximum absolute atomic E-state index is 10.8. The van der Waals surface area contributed by atoms with E-state index in [-0.39, 0.29) is 0 Å². The van der Waals surface area contributed by atoms with Gasteiger partial charge in [-0.2, -0.15) is 0 Å². The molecule has 0 amide bonds. The molecule has 1 nitrogen and oxygen atoms in total. The summed E-state index contributed by atoms with van der Waals surface area (Å²) in [6.45, 7) is 0. The summed E-state index contributed by atoms with van der Waals surface area (Å²) >= 11 is 5.27. The predicted molar refractivity (Wildman–Crippen MR) is 52.5 cm³/mol. The largest absolute Gasteiger partial charge is 0.276 e. The van der Waals surface area contributed by atoms with Gasteiger partial charge >= 0.3 is 0 Å². The molecule has 0 fully saturated rings. The Morgan fingerprint density at radius 1 is 1.23 bits per heavy atom. The third-order valence-electron chi connectivity index (χ3n) is 1.56. The Hall–Kier alpha value is -1.70. The number of benzene rings is 1. The Labute approximate surface area is 81.7 Å². The van der Waals surface area contributed by atoms with Gasteiger partial charge in [-0.25, -0.2) is 0 Å². The van der Waals surface area contributed by atoms with Crippen LogP contribution in [-0.4, -0.2) is 5.24 Å². The Morgan fingerprint density at radius 3 is 2.31 bits per heavy atom.